The van der Waals surface area contributed by atoms with Crippen LogP contribution in [0.25, 0.3) is 0 Å². The van der Waals surface area contributed by atoms with Crippen LogP contribution in [0.5, 0.6) is 0 Å². The van der Waals surface area contributed by atoms with E-state index < -0.39 is 0 Å². The molecule has 11 heavy (non-hydrogen) atoms. The molecule has 1 heterocycles. The summed E-state index contributed by atoms with van der Waals surface area (Å²) in [4.78, 5) is 8.12. The maximum Gasteiger partial charge on any atom is 0.189 e. The van der Waals surface area contributed by atoms with Gasteiger partial charge in [0.1, 0.15) is 0 Å². The first kappa shape index (κ1) is 8.13. The number of nitrogens with one attached hydrogen (secondary N) is 1. The van der Waals surface area contributed by atoms with E-state index in [-0.39, 0.29) is 0 Å². The second-order valence-corrected chi connectivity index (χ2v) is 2.68. The number of hydrogen-bond donors (Lipinski definition) is 2. The van der Waals surface area contributed by atoms with Gasteiger partial charge in [0.25, 0.3) is 0 Å². The number of nitrogens with zero attached hydrogens (tertiary/aromatic N) is 2. The molecular weight excluding hydrogens is 160 g/mol. The summed E-state index contributed by atoms with van der Waals surface area (Å²) in [6, 6.07) is 0. The molecule has 0 spiro atoms. The molecular formula is C6H10N4S. The molecule has 0 aromatic carbocycles. The molecule has 5 heteroatoms. The molecule has 0 unspecified atom stereocenters. The molecule has 0 fully saturated rings. The number of thioether (sulfide) groups is 1. The summed E-state index contributed by atoms with van der Waals surface area (Å²) >= 11 is 1.49. The summed E-state index contributed by atoms with van der Waals surface area (Å²) in [5, 5.41) is 3.61. The molecule has 1 aromatic rings. The second-order valence-electron chi connectivity index (χ2n) is 1.91. The van der Waals surface area contributed by atoms with Gasteiger partial charge < -0.3 is 11.1 Å². The highest BCUT2D eigenvalue weighted by atomic mass is 32.2. The van der Waals surface area contributed by atoms with Crippen LogP contribution in [0.4, 0.5) is 11.5 Å². The van der Waals surface area contributed by atoms with Gasteiger partial charge in [0.2, 0.25) is 0 Å². The zero-order valence-electron chi connectivity index (χ0n) is 6.46. The van der Waals surface area contributed by atoms with E-state index >= 15 is 0 Å². The van der Waals surface area contributed by atoms with Crippen molar-refractivity contribution in [1.29, 1.82) is 0 Å². The maximum absolute atomic E-state index is 5.56. The Hall–Kier alpha value is -0.970. The Morgan fingerprint density at radius 1 is 1.64 bits per heavy atom. The van der Waals surface area contributed by atoms with Crippen LogP contribution in [0.2, 0.25) is 0 Å². The van der Waals surface area contributed by atoms with Gasteiger partial charge in [-0.3, -0.25) is 0 Å². The lowest BCUT2D eigenvalue weighted by Crippen LogP contribution is -2.00. The first-order valence-corrected chi connectivity index (χ1v) is 4.34. The molecule has 0 saturated heterocycles. The lowest BCUT2D eigenvalue weighted by atomic mass is 10.5. The van der Waals surface area contributed by atoms with Crippen LogP contribution in [-0.4, -0.2) is 23.3 Å². The van der Waals surface area contributed by atoms with E-state index in [2.05, 4.69) is 15.3 Å². The molecule has 0 bridgehead atoms. The molecule has 1 rings (SSSR count). The lowest BCUT2D eigenvalue weighted by molar-refractivity contribution is 0.976. The minimum atomic E-state index is 0.574. The second kappa shape index (κ2) is 3.43. The molecule has 0 aliphatic heterocycles. The van der Waals surface area contributed by atoms with Crippen LogP contribution in [0.1, 0.15) is 0 Å². The van der Waals surface area contributed by atoms with Crippen molar-refractivity contribution in [3.05, 3.63) is 6.20 Å². The van der Waals surface area contributed by atoms with Gasteiger partial charge in [0.05, 0.1) is 11.9 Å². The van der Waals surface area contributed by atoms with E-state index in [1.165, 1.54) is 11.8 Å². The van der Waals surface area contributed by atoms with Crippen LogP contribution in [-0.2, 0) is 0 Å². The number of anilines is 2. The third-order valence-electron chi connectivity index (χ3n) is 1.21. The fourth-order valence-corrected chi connectivity index (χ4v) is 1.01. The monoisotopic (exact) mass is 170 g/mol. The Morgan fingerprint density at radius 3 is 2.91 bits per heavy atom. The summed E-state index contributed by atoms with van der Waals surface area (Å²) in [6.45, 7) is 0. The van der Waals surface area contributed by atoms with Gasteiger partial charge in [0.15, 0.2) is 11.0 Å². The van der Waals surface area contributed by atoms with Crippen molar-refractivity contribution < 1.29 is 0 Å². The Bertz CT molecular complexity index is 250. The number of rotatable bonds is 2. The van der Waals surface area contributed by atoms with Gasteiger partial charge in [-0.25, -0.2) is 9.97 Å². The van der Waals surface area contributed by atoms with Crippen LogP contribution in [0.3, 0.4) is 0 Å². The topological polar surface area (TPSA) is 63.8 Å². The van der Waals surface area contributed by atoms with E-state index in [1.54, 1.807) is 13.2 Å². The fourth-order valence-electron chi connectivity index (χ4n) is 0.674. The van der Waals surface area contributed by atoms with Crippen molar-refractivity contribution in [3.63, 3.8) is 0 Å². The van der Waals surface area contributed by atoms with Crippen LogP contribution in [0.15, 0.2) is 11.4 Å². The number of nitrogen functional groups attached to an aromatic ring is 1. The molecule has 0 aliphatic rings. The molecule has 0 amide bonds. The highest BCUT2D eigenvalue weighted by Gasteiger charge is 1.99. The predicted octanol–water partition coefficient (Wildman–Crippen LogP) is 0.822. The van der Waals surface area contributed by atoms with Crippen molar-refractivity contribution >= 4 is 23.3 Å². The Morgan fingerprint density at radius 2 is 2.36 bits per heavy atom. The molecule has 60 valence electrons. The van der Waals surface area contributed by atoms with E-state index in [0.717, 1.165) is 5.16 Å². The quantitative estimate of drug-likeness (QED) is 0.508. The summed E-state index contributed by atoms with van der Waals surface area (Å²) in [7, 11) is 1.78. The normalized spacial score (nSPS) is 9.64. The molecule has 0 radical (unpaired) electrons. The van der Waals surface area contributed by atoms with Crippen molar-refractivity contribution in [2.45, 2.75) is 5.16 Å². The van der Waals surface area contributed by atoms with Gasteiger partial charge in [0, 0.05) is 7.05 Å². The maximum atomic E-state index is 5.56. The molecule has 1 aromatic heterocycles. The zero-order chi connectivity index (χ0) is 8.27. The third-order valence-corrected chi connectivity index (χ3v) is 1.78. The molecule has 0 atom stereocenters. The SMILES string of the molecule is CNc1nc(SC)ncc1N. The summed E-state index contributed by atoms with van der Waals surface area (Å²) < 4.78 is 0. The molecule has 0 aliphatic carbocycles. The minimum Gasteiger partial charge on any atom is -0.394 e. The van der Waals surface area contributed by atoms with Crippen molar-refractivity contribution in [3.8, 4) is 0 Å². The van der Waals surface area contributed by atoms with Gasteiger partial charge >= 0.3 is 0 Å². The number of nitrogens with two attached hydrogens (primary N) is 1. The van der Waals surface area contributed by atoms with Gasteiger partial charge in [-0.1, -0.05) is 11.8 Å². The number of hydrogen-bond acceptors (Lipinski definition) is 5. The highest BCUT2D eigenvalue weighted by molar-refractivity contribution is 7.98. The van der Waals surface area contributed by atoms with Gasteiger partial charge in [-0.15, -0.1) is 0 Å². The summed E-state index contributed by atoms with van der Waals surface area (Å²) in [5.41, 5.74) is 6.13. The summed E-state index contributed by atoms with van der Waals surface area (Å²) in [6.07, 6.45) is 3.52. The molecule has 3 N–H and O–H groups in total. The Labute approximate surface area is 69.6 Å². The van der Waals surface area contributed by atoms with Crippen molar-refractivity contribution in [2.24, 2.45) is 0 Å². The van der Waals surface area contributed by atoms with Gasteiger partial charge in [-0.2, -0.15) is 0 Å². The van der Waals surface area contributed by atoms with E-state index in [9.17, 15) is 0 Å². The first-order valence-electron chi connectivity index (χ1n) is 3.12. The fraction of sp³-hybridized carbons (Fsp3) is 0.333. The predicted molar refractivity (Wildman–Crippen MR) is 47.8 cm³/mol. The van der Waals surface area contributed by atoms with Gasteiger partial charge in [-0.05, 0) is 6.26 Å². The minimum absolute atomic E-state index is 0.574. The lowest BCUT2D eigenvalue weighted by Gasteiger charge is -2.03. The van der Waals surface area contributed by atoms with Crippen molar-refractivity contribution in [1.82, 2.24) is 9.97 Å². The third kappa shape index (κ3) is 1.74. The van der Waals surface area contributed by atoms with Crippen molar-refractivity contribution in [2.75, 3.05) is 24.4 Å². The van der Waals surface area contributed by atoms with E-state index in [1.807, 2.05) is 6.26 Å². The Kier molecular flexibility index (Phi) is 2.53. The van der Waals surface area contributed by atoms with E-state index in [4.69, 9.17) is 5.73 Å². The van der Waals surface area contributed by atoms with Crippen LogP contribution in [0, 0.1) is 0 Å². The average molecular weight is 170 g/mol. The highest BCUT2D eigenvalue weighted by Crippen LogP contribution is 2.16. The summed E-state index contributed by atoms with van der Waals surface area (Å²) in [5.74, 6) is 0.685. The number of aromatic nitrogens is 2. The molecule has 4 nitrogen and oxygen atoms in total. The van der Waals surface area contributed by atoms with E-state index in [0.29, 0.717) is 11.5 Å². The Balaban J connectivity index is 3.02. The molecule has 0 saturated carbocycles. The smallest absolute Gasteiger partial charge is 0.189 e. The average Bonchev–Trinajstić information content (AvgIpc) is 2.05. The first-order chi connectivity index (χ1) is 5.27. The van der Waals surface area contributed by atoms with Crippen LogP contribution < -0.4 is 11.1 Å². The zero-order valence-corrected chi connectivity index (χ0v) is 7.27. The van der Waals surface area contributed by atoms with Crippen LogP contribution >= 0.6 is 11.8 Å². The largest absolute Gasteiger partial charge is 0.394 e. The standard InChI is InChI=1S/C6H10N4S/c1-8-5-4(7)3-9-6(10-5)11-2/h3H,7H2,1-2H3,(H,8,9,10).